The van der Waals surface area contributed by atoms with Gasteiger partial charge in [0.05, 0.1) is 44.2 Å². The maximum Gasteiger partial charge on any atom is 0.414 e. The van der Waals surface area contributed by atoms with Crippen molar-refractivity contribution in [2.24, 2.45) is 11.8 Å². The Bertz CT molecular complexity index is 2080. The number of aryl methyl sites for hydroxylation is 1. The van der Waals surface area contributed by atoms with E-state index in [9.17, 15) is 14.7 Å². The highest BCUT2D eigenvalue weighted by Gasteiger charge is 2.66. The Morgan fingerprint density at radius 2 is 1.60 bits per heavy atom. The lowest BCUT2D eigenvalue weighted by Crippen LogP contribution is -2.45. The quantitative estimate of drug-likeness (QED) is 0.205. The van der Waals surface area contributed by atoms with E-state index in [1.807, 2.05) is 60.8 Å². The third kappa shape index (κ3) is 6.26. The number of aliphatic hydroxyl groups excluding tert-OH is 1. The first-order chi connectivity index (χ1) is 26.5. The molecule has 288 valence electrons. The van der Waals surface area contributed by atoms with E-state index in [2.05, 4.69) is 43.2 Å². The van der Waals surface area contributed by atoms with Gasteiger partial charge in [-0.25, -0.2) is 9.59 Å². The van der Waals surface area contributed by atoms with Gasteiger partial charge in [0.2, 0.25) is 0 Å². The summed E-state index contributed by atoms with van der Waals surface area (Å²) < 4.78 is 25.0. The second-order valence-electron chi connectivity index (χ2n) is 15.2. The topological polar surface area (TPSA) is 149 Å². The largest absolute Gasteiger partial charge is 0.497 e. The number of fused-ring (bicyclic) bond motifs is 2. The Hall–Kier alpha value is -5.47. The van der Waals surface area contributed by atoms with Gasteiger partial charge in [-0.2, -0.15) is 0 Å². The molecule has 1 aromatic heterocycles. The highest BCUT2D eigenvalue weighted by atomic mass is 16.6. The number of benzene rings is 3. The van der Waals surface area contributed by atoms with Crippen LogP contribution >= 0.6 is 0 Å². The van der Waals surface area contributed by atoms with Crippen molar-refractivity contribution < 1.29 is 38.4 Å². The Kier molecular flexibility index (Phi) is 9.50. The van der Waals surface area contributed by atoms with Crippen molar-refractivity contribution in [2.75, 3.05) is 54.7 Å². The number of carbonyl (C=O) groups is 3. The summed E-state index contributed by atoms with van der Waals surface area (Å²) in [5.41, 5.74) is 3.61. The number of amides is 3. The van der Waals surface area contributed by atoms with E-state index in [1.165, 1.54) is 0 Å². The highest BCUT2D eigenvalue weighted by molar-refractivity contribution is 6.08. The van der Waals surface area contributed by atoms with Gasteiger partial charge < -0.3 is 29.0 Å². The minimum atomic E-state index is -1.38. The molecule has 14 heteroatoms. The summed E-state index contributed by atoms with van der Waals surface area (Å²) in [6.07, 6.45) is 1.59. The van der Waals surface area contributed by atoms with Crippen LogP contribution in [0, 0.1) is 11.8 Å². The average molecular weight is 751 g/mol. The minimum absolute atomic E-state index is 0.0189. The van der Waals surface area contributed by atoms with Crippen molar-refractivity contribution in [3.05, 3.63) is 95.3 Å². The van der Waals surface area contributed by atoms with E-state index in [0.717, 1.165) is 22.6 Å². The van der Waals surface area contributed by atoms with Gasteiger partial charge in [-0.15, -0.1) is 5.10 Å². The minimum Gasteiger partial charge on any atom is -0.497 e. The monoisotopic (exact) mass is 750 g/mol. The number of carbonyl (C=O) groups excluding carboxylic acids is 3. The van der Waals surface area contributed by atoms with Crippen LogP contribution in [-0.2, 0) is 49.5 Å². The van der Waals surface area contributed by atoms with Crippen molar-refractivity contribution in [1.82, 2.24) is 15.0 Å². The third-order valence-corrected chi connectivity index (χ3v) is 11.8. The number of aliphatic hydroxyl groups is 1. The fourth-order valence-electron chi connectivity index (χ4n) is 9.05. The number of anilines is 3. The summed E-state index contributed by atoms with van der Waals surface area (Å²) in [5.74, 6) is 0.103. The predicted molar refractivity (Wildman–Crippen MR) is 202 cm³/mol. The Balaban J connectivity index is 1.19. The van der Waals surface area contributed by atoms with Crippen LogP contribution in [0.1, 0.15) is 49.6 Å². The summed E-state index contributed by atoms with van der Waals surface area (Å²) in [6.45, 7) is 8.76. The van der Waals surface area contributed by atoms with Gasteiger partial charge in [0.15, 0.2) is 5.60 Å². The van der Waals surface area contributed by atoms with Crippen molar-refractivity contribution >= 4 is 35.2 Å². The van der Waals surface area contributed by atoms with Gasteiger partial charge in [0.25, 0.3) is 5.91 Å². The van der Waals surface area contributed by atoms with E-state index in [-0.39, 0.29) is 43.6 Å². The van der Waals surface area contributed by atoms with Crippen molar-refractivity contribution in [3.8, 4) is 5.75 Å². The number of methoxy groups -OCH3 is 1. The molecule has 4 aliphatic heterocycles. The van der Waals surface area contributed by atoms with Gasteiger partial charge in [-0.3, -0.25) is 19.3 Å². The summed E-state index contributed by atoms with van der Waals surface area (Å²) in [5, 5.41) is 18.0. The molecule has 3 aromatic carbocycles. The molecule has 55 heavy (non-hydrogen) atoms. The number of hydrogen-bond acceptors (Lipinski definition) is 10. The molecule has 0 radical (unpaired) electrons. The molecular formula is C41H46N6O8. The molecule has 0 saturated carbocycles. The van der Waals surface area contributed by atoms with Crippen LogP contribution < -0.4 is 19.4 Å². The number of nitrogens with zero attached hydrogens (tertiary/aromatic N) is 6. The smallest absolute Gasteiger partial charge is 0.414 e. The van der Waals surface area contributed by atoms with Crippen molar-refractivity contribution in [2.45, 2.75) is 63.8 Å². The van der Waals surface area contributed by atoms with Gasteiger partial charge in [-0.05, 0) is 65.4 Å². The van der Waals surface area contributed by atoms with E-state index in [0.29, 0.717) is 61.7 Å². The van der Waals surface area contributed by atoms with Gasteiger partial charge in [0, 0.05) is 54.5 Å². The third-order valence-electron chi connectivity index (χ3n) is 11.8. The second-order valence-corrected chi connectivity index (χ2v) is 15.2. The zero-order valence-corrected chi connectivity index (χ0v) is 31.5. The normalized spacial score (nSPS) is 23.5. The molecule has 3 fully saturated rings. The second kappa shape index (κ2) is 14.3. The van der Waals surface area contributed by atoms with Crippen LogP contribution in [0.5, 0.6) is 5.75 Å². The average Bonchev–Trinajstić information content (AvgIpc) is 4.02. The van der Waals surface area contributed by atoms with Crippen LogP contribution in [0.15, 0.2) is 72.9 Å². The van der Waals surface area contributed by atoms with E-state index in [1.54, 1.807) is 26.5 Å². The zero-order valence-electron chi connectivity index (χ0n) is 31.5. The molecule has 4 atom stereocenters. The predicted octanol–water partition coefficient (Wildman–Crippen LogP) is 5.20. The lowest BCUT2D eigenvalue weighted by Gasteiger charge is -2.38. The van der Waals surface area contributed by atoms with E-state index >= 15 is 4.79 Å². The van der Waals surface area contributed by atoms with Crippen LogP contribution in [0.4, 0.5) is 26.7 Å². The Morgan fingerprint density at radius 3 is 2.24 bits per heavy atom. The molecule has 14 nitrogen and oxygen atoms in total. The molecule has 1 spiro atoms. The lowest BCUT2D eigenvalue weighted by atomic mass is 9.63. The number of ether oxygens (including phenoxy) is 4. The van der Waals surface area contributed by atoms with Crippen molar-refractivity contribution in [1.29, 1.82) is 0 Å². The van der Waals surface area contributed by atoms with Crippen LogP contribution in [0.25, 0.3) is 0 Å². The zero-order chi connectivity index (χ0) is 38.5. The Morgan fingerprint density at radius 1 is 0.927 bits per heavy atom. The van der Waals surface area contributed by atoms with Crippen LogP contribution in [0.2, 0.25) is 0 Å². The van der Waals surface area contributed by atoms with Gasteiger partial charge in [-0.1, -0.05) is 50.3 Å². The summed E-state index contributed by atoms with van der Waals surface area (Å²) in [7, 11) is 1.64. The standard InChI is InChI=1S/C41H46N6O8/c1-26-36(40(2,3)28-7-12-32(52-4)13-8-28)35(15-17-44-25-29(16-20-48)42-43-44)55-41(26)33-23-31(46-19-22-54-39(46)51)11-14-34(33)47(37(41)49)24-27-5-9-30(10-6-27)45-18-21-53-38(45)50/h5-14,23,25-26,35-36,48H,15-22,24H2,1-4H3/t26-,35+,36-,41+/m0/s1. The van der Waals surface area contributed by atoms with E-state index < -0.39 is 23.2 Å². The first kappa shape index (κ1) is 36.5. The summed E-state index contributed by atoms with van der Waals surface area (Å²) in [6, 6.07) is 21.3. The summed E-state index contributed by atoms with van der Waals surface area (Å²) in [4.78, 5) is 45.3. The maximum absolute atomic E-state index is 15.4. The molecular weight excluding hydrogens is 704 g/mol. The molecule has 3 saturated heterocycles. The highest BCUT2D eigenvalue weighted by Crippen LogP contribution is 2.60. The molecule has 0 bridgehead atoms. The molecule has 8 rings (SSSR count). The number of cyclic esters (lactones) is 2. The van der Waals surface area contributed by atoms with E-state index in [4.69, 9.17) is 18.9 Å². The number of aromatic nitrogens is 3. The molecule has 0 aliphatic carbocycles. The maximum atomic E-state index is 15.4. The van der Waals surface area contributed by atoms with Crippen LogP contribution in [-0.4, -0.2) is 84.3 Å². The summed E-state index contributed by atoms with van der Waals surface area (Å²) >= 11 is 0. The molecule has 3 amide bonds. The van der Waals surface area contributed by atoms with Crippen LogP contribution in [0.3, 0.4) is 0 Å². The van der Waals surface area contributed by atoms with Gasteiger partial charge in [0.1, 0.15) is 19.0 Å². The number of hydrogen-bond donors (Lipinski definition) is 1. The van der Waals surface area contributed by atoms with Gasteiger partial charge >= 0.3 is 12.2 Å². The lowest BCUT2D eigenvalue weighted by molar-refractivity contribution is -0.146. The molecule has 1 N–H and O–H groups in total. The number of rotatable bonds is 12. The van der Waals surface area contributed by atoms with Crippen molar-refractivity contribution in [3.63, 3.8) is 0 Å². The SMILES string of the molecule is COc1ccc(C(C)(C)[C@@H]2[C@@H](CCn3cc(CCO)nn3)O[C@]3(C(=O)N(Cc4ccc(N5CCOC5=O)cc4)c4ccc(N5CCOC5=O)cc43)[C@H]2C)cc1. The Labute approximate surface area is 319 Å². The first-order valence-corrected chi connectivity index (χ1v) is 18.8. The molecule has 4 aromatic rings. The molecule has 5 heterocycles. The molecule has 0 unspecified atom stereocenters. The fourth-order valence-corrected chi connectivity index (χ4v) is 9.05. The fraction of sp³-hybridized carbons (Fsp3) is 0.439. The molecule has 4 aliphatic rings. The first-order valence-electron chi connectivity index (χ1n) is 18.8.